The molecule has 4 amide bonds. The van der Waals surface area contributed by atoms with Gasteiger partial charge in [0.25, 0.3) is 0 Å². The fourth-order valence-electron chi connectivity index (χ4n) is 3.76. The first-order valence-corrected chi connectivity index (χ1v) is 12.9. The molecule has 0 aliphatic carbocycles. The molecule has 218 valence electrons. The number of nitrogens with zero attached hydrogens (tertiary/aromatic N) is 1. The van der Waals surface area contributed by atoms with Crippen LogP contribution in [0, 0.1) is 6.92 Å². The van der Waals surface area contributed by atoms with Gasteiger partial charge >= 0.3 is 12.1 Å². The molecule has 0 heterocycles. The van der Waals surface area contributed by atoms with Crippen LogP contribution in [0.15, 0.2) is 18.2 Å². The van der Waals surface area contributed by atoms with E-state index in [1.165, 1.54) is 17.0 Å². The van der Waals surface area contributed by atoms with E-state index in [1.54, 1.807) is 54.5 Å². The zero-order valence-electron chi connectivity index (χ0n) is 23.8. The number of phenols is 1. The van der Waals surface area contributed by atoms with E-state index in [-0.39, 0.29) is 38.2 Å². The van der Waals surface area contributed by atoms with Gasteiger partial charge in [-0.05, 0) is 78.1 Å². The van der Waals surface area contributed by atoms with Crippen molar-refractivity contribution in [3.8, 4) is 5.75 Å². The van der Waals surface area contributed by atoms with Gasteiger partial charge in [0.05, 0.1) is 13.0 Å². The van der Waals surface area contributed by atoms with Crippen molar-refractivity contribution in [1.82, 2.24) is 15.5 Å². The van der Waals surface area contributed by atoms with E-state index in [0.29, 0.717) is 11.1 Å². The average Bonchev–Trinajstić information content (AvgIpc) is 2.80. The van der Waals surface area contributed by atoms with Crippen LogP contribution in [-0.4, -0.2) is 70.6 Å². The Bertz CT molecular complexity index is 1040. The number of nitrogens with one attached hydrogen (secondary N) is 2. The van der Waals surface area contributed by atoms with Crippen molar-refractivity contribution in [2.75, 3.05) is 13.2 Å². The van der Waals surface area contributed by atoms with Crippen molar-refractivity contribution in [3.05, 3.63) is 29.3 Å². The minimum Gasteiger partial charge on any atom is -0.508 e. The second kappa shape index (κ2) is 14.9. The fraction of sp³-hybridized carbons (Fsp3) is 0.593. The number of aryl methyl sites for hydroxylation is 1. The Balaban J connectivity index is 3.45. The second-order valence-corrected chi connectivity index (χ2v) is 10.3. The monoisotopic (exact) mass is 550 g/mol. The molecule has 1 aromatic rings. The third-order valence-corrected chi connectivity index (χ3v) is 5.48. The molecule has 12 heteroatoms. The van der Waals surface area contributed by atoms with Crippen LogP contribution in [-0.2, 0) is 28.7 Å². The quantitative estimate of drug-likeness (QED) is 0.270. The summed E-state index contributed by atoms with van der Waals surface area (Å²) in [5, 5.41) is 15.2. The van der Waals surface area contributed by atoms with E-state index in [9.17, 15) is 29.1 Å². The molecule has 1 aromatic carbocycles. The van der Waals surface area contributed by atoms with Crippen LogP contribution in [0.3, 0.4) is 0 Å². The van der Waals surface area contributed by atoms with Crippen molar-refractivity contribution in [2.24, 2.45) is 5.73 Å². The van der Waals surface area contributed by atoms with Crippen molar-refractivity contribution in [2.45, 2.75) is 91.5 Å². The van der Waals surface area contributed by atoms with Crippen molar-refractivity contribution < 1.29 is 38.6 Å². The number of amides is 4. The summed E-state index contributed by atoms with van der Waals surface area (Å²) in [5.74, 6) is -2.38. The number of hydrogen-bond donors (Lipinski definition) is 4. The molecule has 0 bridgehead atoms. The molecule has 0 saturated heterocycles. The SMILES string of the molecule is CCOC(=O)CCNC(=O)C(c1ccc(O)c(C)c1)N(C(=O)C(CCC(N)=O)NC(=O)OC(C)(C)C)C(C)C. The van der Waals surface area contributed by atoms with Gasteiger partial charge in [0.1, 0.15) is 23.4 Å². The Kier molecular flexibility index (Phi) is 12.7. The molecule has 0 spiro atoms. The van der Waals surface area contributed by atoms with Gasteiger partial charge in [-0.2, -0.15) is 0 Å². The molecule has 12 nitrogen and oxygen atoms in total. The standard InChI is InChI=1S/C27H42N4O8/c1-8-38-22(34)13-14-29-24(35)23(18-9-11-20(32)17(4)15-18)31(16(2)3)25(36)19(10-12-21(28)33)30-26(37)39-27(5,6)7/h9,11,15-16,19,23,32H,8,10,12-14H2,1-7H3,(H2,28,33)(H,29,35)(H,30,37). The normalized spacial score (nSPS) is 12.7. The summed E-state index contributed by atoms with van der Waals surface area (Å²) >= 11 is 0. The average molecular weight is 551 g/mol. The number of carbonyl (C=O) groups excluding carboxylic acids is 5. The predicted octanol–water partition coefficient (Wildman–Crippen LogP) is 2.21. The highest BCUT2D eigenvalue weighted by Gasteiger charge is 2.38. The lowest BCUT2D eigenvalue weighted by Gasteiger charge is -2.37. The highest BCUT2D eigenvalue weighted by atomic mass is 16.6. The zero-order chi connectivity index (χ0) is 29.9. The number of ether oxygens (including phenoxy) is 2. The molecule has 0 aliphatic heterocycles. The maximum Gasteiger partial charge on any atom is 0.408 e. The highest BCUT2D eigenvalue weighted by Crippen LogP contribution is 2.29. The highest BCUT2D eigenvalue weighted by molar-refractivity contribution is 5.93. The number of rotatable bonds is 13. The molecule has 2 atom stereocenters. The van der Waals surface area contributed by atoms with E-state index in [0.717, 1.165) is 0 Å². The lowest BCUT2D eigenvalue weighted by atomic mass is 9.98. The Morgan fingerprint density at radius 1 is 1.10 bits per heavy atom. The number of primary amides is 1. The van der Waals surface area contributed by atoms with Gasteiger partial charge < -0.3 is 35.8 Å². The van der Waals surface area contributed by atoms with Crippen LogP contribution in [0.25, 0.3) is 0 Å². The molecule has 0 fully saturated rings. The number of nitrogens with two attached hydrogens (primary N) is 1. The van der Waals surface area contributed by atoms with E-state index in [1.807, 2.05) is 0 Å². The molecular formula is C27H42N4O8. The van der Waals surface area contributed by atoms with Gasteiger partial charge in [-0.25, -0.2) is 4.79 Å². The molecule has 39 heavy (non-hydrogen) atoms. The molecule has 0 saturated carbocycles. The largest absolute Gasteiger partial charge is 0.508 e. The number of phenolic OH excluding ortho intramolecular Hbond substituents is 1. The zero-order valence-corrected chi connectivity index (χ0v) is 23.8. The molecular weight excluding hydrogens is 508 g/mol. The second-order valence-electron chi connectivity index (χ2n) is 10.3. The fourth-order valence-corrected chi connectivity index (χ4v) is 3.76. The third-order valence-electron chi connectivity index (χ3n) is 5.48. The number of esters is 1. The number of aromatic hydroxyl groups is 1. The molecule has 0 aromatic heterocycles. The minimum atomic E-state index is -1.23. The van der Waals surface area contributed by atoms with Gasteiger partial charge in [0.15, 0.2) is 0 Å². The minimum absolute atomic E-state index is 0.00794. The summed E-state index contributed by atoms with van der Waals surface area (Å²) in [5.41, 5.74) is 5.34. The van der Waals surface area contributed by atoms with Crippen LogP contribution >= 0.6 is 0 Å². The molecule has 0 aliphatic rings. The number of hydrogen-bond acceptors (Lipinski definition) is 8. The van der Waals surface area contributed by atoms with Crippen LogP contribution < -0.4 is 16.4 Å². The Hall–Kier alpha value is -3.83. The topological polar surface area (TPSA) is 177 Å². The summed E-state index contributed by atoms with van der Waals surface area (Å²) in [6.45, 7) is 11.9. The Morgan fingerprint density at radius 2 is 1.74 bits per heavy atom. The first-order chi connectivity index (χ1) is 18.1. The van der Waals surface area contributed by atoms with Gasteiger partial charge in [0, 0.05) is 19.0 Å². The smallest absolute Gasteiger partial charge is 0.408 e. The Labute approximate surface area is 229 Å². The maximum atomic E-state index is 13.9. The number of alkyl carbamates (subject to hydrolysis) is 1. The first kappa shape index (κ1) is 33.2. The van der Waals surface area contributed by atoms with Gasteiger partial charge in [-0.15, -0.1) is 0 Å². The van der Waals surface area contributed by atoms with Crippen LogP contribution in [0.2, 0.25) is 0 Å². The molecule has 0 radical (unpaired) electrons. The van der Waals surface area contributed by atoms with Crippen molar-refractivity contribution in [1.29, 1.82) is 0 Å². The van der Waals surface area contributed by atoms with Crippen molar-refractivity contribution in [3.63, 3.8) is 0 Å². The summed E-state index contributed by atoms with van der Waals surface area (Å²) in [4.78, 5) is 64.6. The maximum absolute atomic E-state index is 13.9. The van der Waals surface area contributed by atoms with Gasteiger partial charge in [-0.3, -0.25) is 19.2 Å². The van der Waals surface area contributed by atoms with Crippen LogP contribution in [0.4, 0.5) is 4.79 Å². The van der Waals surface area contributed by atoms with Gasteiger partial charge in [0.2, 0.25) is 17.7 Å². The third kappa shape index (κ3) is 11.2. The summed E-state index contributed by atoms with van der Waals surface area (Å²) in [6, 6.07) is 1.52. The van der Waals surface area contributed by atoms with E-state index in [2.05, 4.69) is 10.6 Å². The summed E-state index contributed by atoms with van der Waals surface area (Å²) in [6.07, 6.45) is -1.27. The molecule has 1 rings (SSSR count). The van der Waals surface area contributed by atoms with E-state index >= 15 is 0 Å². The van der Waals surface area contributed by atoms with Crippen LogP contribution in [0.5, 0.6) is 5.75 Å². The Morgan fingerprint density at radius 3 is 2.26 bits per heavy atom. The lowest BCUT2D eigenvalue weighted by molar-refractivity contribution is -0.146. The molecule has 2 unspecified atom stereocenters. The summed E-state index contributed by atoms with van der Waals surface area (Å²) < 4.78 is 10.2. The number of benzene rings is 1. The molecule has 5 N–H and O–H groups in total. The first-order valence-electron chi connectivity index (χ1n) is 12.9. The predicted molar refractivity (Wildman–Crippen MR) is 143 cm³/mol. The van der Waals surface area contributed by atoms with Gasteiger partial charge in [-0.1, -0.05) is 6.07 Å². The lowest BCUT2D eigenvalue weighted by Crippen LogP contribution is -2.55. The van der Waals surface area contributed by atoms with E-state index in [4.69, 9.17) is 15.2 Å². The van der Waals surface area contributed by atoms with Crippen molar-refractivity contribution >= 4 is 29.8 Å². The summed E-state index contributed by atoms with van der Waals surface area (Å²) in [7, 11) is 0. The number of carbonyl (C=O) groups is 5. The van der Waals surface area contributed by atoms with Crippen LogP contribution in [0.1, 0.15) is 78.0 Å². The van der Waals surface area contributed by atoms with E-state index < -0.39 is 53.5 Å².